The van der Waals surface area contributed by atoms with Gasteiger partial charge in [-0.1, -0.05) is 12.1 Å². The molecule has 2 rings (SSSR count). The summed E-state index contributed by atoms with van der Waals surface area (Å²) in [5.41, 5.74) is 5.10. The van der Waals surface area contributed by atoms with E-state index >= 15 is 0 Å². The number of rotatable bonds is 3. The summed E-state index contributed by atoms with van der Waals surface area (Å²) in [6.45, 7) is 2.00. The van der Waals surface area contributed by atoms with Gasteiger partial charge < -0.3 is 10.5 Å². The monoisotopic (exact) mass is 288 g/mol. The van der Waals surface area contributed by atoms with E-state index in [-0.39, 0.29) is 0 Å². The number of ether oxygens (including phenoxy) is 1. The number of carbonyl (C=O) groups is 1. The predicted octanol–water partition coefficient (Wildman–Crippen LogP) is 1.56. The van der Waals surface area contributed by atoms with Crippen molar-refractivity contribution in [2.24, 2.45) is 5.73 Å². The Balaban J connectivity index is 2.23. The lowest BCUT2D eigenvalue weighted by Crippen LogP contribution is -2.44. The van der Waals surface area contributed by atoms with Gasteiger partial charge in [0, 0.05) is 13.1 Å². The Morgan fingerprint density at radius 2 is 1.75 bits per heavy atom. The molecule has 1 aliphatic rings. The number of carbonyl (C=O) groups excluding carboxylic acids is 1. The van der Waals surface area contributed by atoms with Crippen molar-refractivity contribution in [2.45, 2.75) is 12.2 Å². The van der Waals surface area contributed by atoms with E-state index in [0.717, 1.165) is 12.1 Å². The zero-order valence-electron chi connectivity index (χ0n) is 10.7. The van der Waals surface area contributed by atoms with Crippen molar-refractivity contribution in [3.63, 3.8) is 0 Å². The largest absolute Gasteiger partial charge is 0.416 e. The van der Waals surface area contributed by atoms with Crippen LogP contribution in [0.15, 0.2) is 24.3 Å². The van der Waals surface area contributed by atoms with Crippen molar-refractivity contribution in [2.75, 3.05) is 26.3 Å². The molecular formula is C13H15F3N2O2. The maximum absolute atomic E-state index is 12.5. The first-order valence-corrected chi connectivity index (χ1v) is 6.18. The predicted molar refractivity (Wildman–Crippen MR) is 65.8 cm³/mol. The van der Waals surface area contributed by atoms with E-state index in [9.17, 15) is 18.0 Å². The molecule has 20 heavy (non-hydrogen) atoms. The fourth-order valence-corrected chi connectivity index (χ4v) is 2.25. The van der Waals surface area contributed by atoms with Gasteiger partial charge in [0.1, 0.15) is 6.04 Å². The van der Waals surface area contributed by atoms with Gasteiger partial charge in [-0.15, -0.1) is 0 Å². The topological polar surface area (TPSA) is 55.6 Å². The van der Waals surface area contributed by atoms with E-state index in [1.807, 2.05) is 4.90 Å². The number of hydrogen-bond donors (Lipinski definition) is 1. The second-order valence-electron chi connectivity index (χ2n) is 4.57. The number of nitrogens with zero attached hydrogens (tertiary/aromatic N) is 1. The average Bonchev–Trinajstić information content (AvgIpc) is 2.39. The van der Waals surface area contributed by atoms with Crippen LogP contribution in [0.3, 0.4) is 0 Å². The number of amides is 1. The van der Waals surface area contributed by atoms with Gasteiger partial charge in [0.25, 0.3) is 0 Å². The summed E-state index contributed by atoms with van der Waals surface area (Å²) in [6, 6.07) is 3.81. The van der Waals surface area contributed by atoms with Gasteiger partial charge in [-0.3, -0.25) is 9.69 Å². The smallest absolute Gasteiger partial charge is 0.379 e. The summed E-state index contributed by atoms with van der Waals surface area (Å²) in [6.07, 6.45) is -4.39. The SMILES string of the molecule is NC(=O)C(c1ccc(C(F)(F)F)cc1)N1CCOCC1. The molecule has 4 nitrogen and oxygen atoms in total. The van der Waals surface area contributed by atoms with Crippen LogP contribution in [0.1, 0.15) is 17.2 Å². The maximum Gasteiger partial charge on any atom is 0.416 e. The third-order valence-corrected chi connectivity index (χ3v) is 3.23. The number of hydrogen-bond acceptors (Lipinski definition) is 3. The molecule has 0 aliphatic carbocycles. The summed E-state index contributed by atoms with van der Waals surface area (Å²) in [5.74, 6) is -0.577. The molecule has 1 fully saturated rings. The molecule has 1 amide bonds. The second kappa shape index (κ2) is 5.80. The molecule has 1 aromatic rings. The summed E-state index contributed by atoms with van der Waals surface area (Å²) in [5, 5.41) is 0. The van der Waals surface area contributed by atoms with Crippen LogP contribution >= 0.6 is 0 Å². The van der Waals surface area contributed by atoms with Crippen LogP contribution in [0.4, 0.5) is 13.2 Å². The van der Waals surface area contributed by atoms with Gasteiger partial charge in [0.2, 0.25) is 5.91 Å². The van der Waals surface area contributed by atoms with Crippen molar-refractivity contribution in [3.8, 4) is 0 Å². The van der Waals surface area contributed by atoms with Crippen molar-refractivity contribution in [1.82, 2.24) is 4.90 Å². The van der Waals surface area contributed by atoms with Gasteiger partial charge in [-0.2, -0.15) is 13.2 Å². The Morgan fingerprint density at radius 1 is 1.20 bits per heavy atom. The number of halogens is 3. The molecule has 1 saturated heterocycles. The minimum absolute atomic E-state index is 0.465. The fraction of sp³-hybridized carbons (Fsp3) is 0.462. The molecule has 0 radical (unpaired) electrons. The van der Waals surface area contributed by atoms with E-state index in [1.54, 1.807) is 0 Å². The molecule has 110 valence electrons. The molecule has 2 N–H and O–H groups in total. The van der Waals surface area contributed by atoms with Crippen LogP contribution in [-0.4, -0.2) is 37.1 Å². The summed E-state index contributed by atoms with van der Waals surface area (Å²) < 4.78 is 42.7. The quantitative estimate of drug-likeness (QED) is 0.918. The first kappa shape index (κ1) is 14.8. The number of benzene rings is 1. The molecule has 0 bridgehead atoms. The Labute approximate surface area is 114 Å². The number of morpholine rings is 1. The summed E-state index contributed by atoms with van der Waals surface area (Å²) in [4.78, 5) is 13.4. The number of nitrogens with two attached hydrogens (primary N) is 1. The zero-order valence-corrected chi connectivity index (χ0v) is 10.7. The van der Waals surface area contributed by atoms with Gasteiger partial charge in [-0.05, 0) is 17.7 Å². The van der Waals surface area contributed by atoms with Crippen LogP contribution in [0, 0.1) is 0 Å². The Kier molecular flexibility index (Phi) is 4.29. The highest BCUT2D eigenvalue weighted by Gasteiger charge is 2.32. The van der Waals surface area contributed by atoms with E-state index in [2.05, 4.69) is 0 Å². The van der Waals surface area contributed by atoms with Crippen LogP contribution < -0.4 is 5.73 Å². The first-order chi connectivity index (χ1) is 9.39. The van der Waals surface area contributed by atoms with Gasteiger partial charge >= 0.3 is 6.18 Å². The van der Waals surface area contributed by atoms with Crippen molar-refractivity contribution < 1.29 is 22.7 Å². The van der Waals surface area contributed by atoms with Crippen LogP contribution in [0.25, 0.3) is 0 Å². The third-order valence-electron chi connectivity index (χ3n) is 3.23. The Morgan fingerprint density at radius 3 is 2.20 bits per heavy atom. The lowest BCUT2D eigenvalue weighted by atomic mass is 10.0. The molecule has 0 spiro atoms. The molecule has 1 unspecified atom stereocenters. The molecule has 1 aromatic carbocycles. The van der Waals surface area contributed by atoms with Gasteiger partial charge in [-0.25, -0.2) is 0 Å². The lowest BCUT2D eigenvalue weighted by Gasteiger charge is -2.32. The standard InChI is InChI=1S/C13H15F3N2O2/c14-13(15,16)10-3-1-9(2-4-10)11(12(17)19)18-5-7-20-8-6-18/h1-4,11H,5-8H2,(H2,17,19). The Bertz CT molecular complexity index is 467. The zero-order chi connectivity index (χ0) is 14.8. The highest BCUT2D eigenvalue weighted by atomic mass is 19.4. The lowest BCUT2D eigenvalue weighted by molar-refractivity contribution is -0.137. The normalized spacial score (nSPS) is 18.8. The minimum Gasteiger partial charge on any atom is -0.379 e. The molecule has 7 heteroatoms. The number of primary amides is 1. The van der Waals surface area contributed by atoms with Crippen LogP contribution in [0.2, 0.25) is 0 Å². The maximum atomic E-state index is 12.5. The molecule has 1 atom stereocenters. The molecule has 0 aromatic heterocycles. The Hall–Kier alpha value is -1.60. The summed E-state index contributed by atoms with van der Waals surface area (Å²) >= 11 is 0. The summed E-state index contributed by atoms with van der Waals surface area (Å²) in [7, 11) is 0. The number of alkyl halides is 3. The fourth-order valence-electron chi connectivity index (χ4n) is 2.25. The highest BCUT2D eigenvalue weighted by Crippen LogP contribution is 2.31. The van der Waals surface area contributed by atoms with Crippen molar-refractivity contribution in [3.05, 3.63) is 35.4 Å². The first-order valence-electron chi connectivity index (χ1n) is 6.18. The average molecular weight is 288 g/mol. The molecule has 0 saturated carbocycles. The highest BCUT2D eigenvalue weighted by molar-refractivity contribution is 5.81. The van der Waals surface area contributed by atoms with E-state index < -0.39 is 23.7 Å². The van der Waals surface area contributed by atoms with E-state index in [4.69, 9.17) is 10.5 Å². The second-order valence-corrected chi connectivity index (χ2v) is 4.57. The van der Waals surface area contributed by atoms with Gasteiger partial charge in [0.15, 0.2) is 0 Å². The van der Waals surface area contributed by atoms with Crippen LogP contribution in [-0.2, 0) is 15.7 Å². The molecule has 1 heterocycles. The van der Waals surface area contributed by atoms with Crippen molar-refractivity contribution >= 4 is 5.91 Å². The van der Waals surface area contributed by atoms with E-state index in [1.165, 1.54) is 12.1 Å². The molecule has 1 aliphatic heterocycles. The molecular weight excluding hydrogens is 273 g/mol. The van der Waals surface area contributed by atoms with E-state index in [0.29, 0.717) is 31.9 Å². The minimum atomic E-state index is -4.39. The van der Waals surface area contributed by atoms with Crippen LogP contribution in [0.5, 0.6) is 0 Å². The van der Waals surface area contributed by atoms with Crippen molar-refractivity contribution in [1.29, 1.82) is 0 Å². The third kappa shape index (κ3) is 3.29. The van der Waals surface area contributed by atoms with Gasteiger partial charge in [0.05, 0.1) is 18.8 Å².